The highest BCUT2D eigenvalue weighted by molar-refractivity contribution is 5.75. The summed E-state index contributed by atoms with van der Waals surface area (Å²) in [7, 11) is 0. The second-order valence-electron chi connectivity index (χ2n) is 3.84. The molecule has 7 heteroatoms. The fourth-order valence-electron chi connectivity index (χ4n) is 1.12. The smallest absolute Gasteiger partial charge is 0.324 e. The Balaban J connectivity index is 3.74. The second kappa shape index (κ2) is 7.99. The Morgan fingerprint density at radius 2 is 1.59 bits per heavy atom. The number of hydrogen-bond donors (Lipinski definition) is 3. The molecule has 0 spiro atoms. The summed E-state index contributed by atoms with van der Waals surface area (Å²) in [4.78, 5) is 22.3. The van der Waals surface area contributed by atoms with Gasteiger partial charge in [-0.2, -0.15) is 0 Å². The van der Waals surface area contributed by atoms with Crippen LogP contribution < -0.4 is 17.2 Å². The maximum atomic E-state index is 11.2. The Morgan fingerprint density at radius 1 is 1.06 bits per heavy atom. The minimum atomic E-state index is -0.774. The van der Waals surface area contributed by atoms with Crippen molar-refractivity contribution in [2.24, 2.45) is 17.2 Å². The number of carbonyl (C=O) groups excluding carboxylic acids is 2. The van der Waals surface area contributed by atoms with Crippen molar-refractivity contribution >= 4 is 11.9 Å². The Hall–Kier alpha value is -1.18. The van der Waals surface area contributed by atoms with Crippen molar-refractivity contribution in [2.75, 3.05) is 0 Å². The molecule has 0 saturated carbocycles. The van der Waals surface area contributed by atoms with Crippen LogP contribution in [-0.4, -0.2) is 30.4 Å². The predicted molar refractivity (Wildman–Crippen MR) is 61.3 cm³/mol. The maximum Gasteiger partial charge on any atom is 0.324 e. The molecular weight excluding hydrogens is 226 g/mol. The summed E-state index contributed by atoms with van der Waals surface area (Å²) in [5, 5.41) is 0. The van der Waals surface area contributed by atoms with Gasteiger partial charge < -0.3 is 15.2 Å². The van der Waals surface area contributed by atoms with E-state index in [1.165, 1.54) is 6.92 Å². The summed E-state index contributed by atoms with van der Waals surface area (Å²) >= 11 is 0. The average molecular weight is 247 g/mol. The largest absolute Gasteiger partial charge is 0.447 e. The highest BCUT2D eigenvalue weighted by Gasteiger charge is 2.17. The fraction of sp³-hybridized carbons (Fsp3) is 0.800. The lowest BCUT2D eigenvalue weighted by Gasteiger charge is -2.13. The summed E-state index contributed by atoms with van der Waals surface area (Å²) in [6.07, 6.45) is -0.378. The van der Waals surface area contributed by atoms with Gasteiger partial charge in [-0.05, 0) is 26.7 Å². The molecule has 0 aliphatic heterocycles. The summed E-state index contributed by atoms with van der Waals surface area (Å²) < 4.78 is 9.43. The second-order valence-corrected chi connectivity index (χ2v) is 3.84. The monoisotopic (exact) mass is 247 g/mol. The van der Waals surface area contributed by atoms with E-state index in [-0.39, 0.29) is 6.42 Å². The van der Waals surface area contributed by atoms with Crippen molar-refractivity contribution < 1.29 is 19.1 Å². The van der Waals surface area contributed by atoms with Gasteiger partial charge in [0.15, 0.2) is 0 Å². The van der Waals surface area contributed by atoms with Crippen molar-refractivity contribution in [2.45, 2.75) is 51.6 Å². The van der Waals surface area contributed by atoms with E-state index in [1.54, 1.807) is 6.92 Å². The van der Waals surface area contributed by atoms with Crippen LogP contribution in [0, 0.1) is 0 Å². The van der Waals surface area contributed by atoms with E-state index in [2.05, 4.69) is 0 Å². The van der Waals surface area contributed by atoms with Gasteiger partial charge in [-0.25, -0.2) is 0 Å². The standard InChI is InChI=1S/C10H21N3O4/c1-6(11)16-9(14)5-3-4-8(13)10(15)17-7(2)12/h6-8H,3-5,11-13H2,1-2H3. The number of hydrogen-bond acceptors (Lipinski definition) is 7. The van der Waals surface area contributed by atoms with E-state index in [4.69, 9.17) is 26.7 Å². The van der Waals surface area contributed by atoms with Crippen LogP contribution in [0.2, 0.25) is 0 Å². The number of esters is 2. The lowest BCUT2D eigenvalue weighted by Crippen LogP contribution is -2.36. The van der Waals surface area contributed by atoms with Crippen LogP contribution in [0.3, 0.4) is 0 Å². The quantitative estimate of drug-likeness (QED) is 0.395. The molecular formula is C10H21N3O4. The Kier molecular flexibility index (Phi) is 7.44. The van der Waals surface area contributed by atoms with Crippen molar-refractivity contribution in [1.82, 2.24) is 0 Å². The molecule has 0 heterocycles. The van der Waals surface area contributed by atoms with E-state index in [1.807, 2.05) is 0 Å². The zero-order valence-electron chi connectivity index (χ0n) is 10.2. The molecule has 0 amide bonds. The molecule has 7 nitrogen and oxygen atoms in total. The van der Waals surface area contributed by atoms with Crippen LogP contribution in [0.1, 0.15) is 33.1 Å². The zero-order chi connectivity index (χ0) is 13.4. The number of nitrogens with two attached hydrogens (primary N) is 3. The van der Waals surface area contributed by atoms with Crippen LogP contribution >= 0.6 is 0 Å². The van der Waals surface area contributed by atoms with Crippen molar-refractivity contribution in [1.29, 1.82) is 0 Å². The molecule has 0 aromatic rings. The van der Waals surface area contributed by atoms with Crippen LogP contribution in [0.5, 0.6) is 0 Å². The van der Waals surface area contributed by atoms with Crippen LogP contribution in [-0.2, 0) is 19.1 Å². The molecule has 0 fully saturated rings. The van der Waals surface area contributed by atoms with E-state index in [0.717, 1.165) is 0 Å². The lowest BCUT2D eigenvalue weighted by molar-refractivity contribution is -0.151. The normalized spacial score (nSPS) is 15.8. The first-order chi connectivity index (χ1) is 7.82. The number of rotatable bonds is 7. The van der Waals surface area contributed by atoms with Gasteiger partial charge in [-0.3, -0.25) is 21.1 Å². The van der Waals surface area contributed by atoms with Crippen LogP contribution in [0.4, 0.5) is 0 Å². The summed E-state index contributed by atoms with van der Waals surface area (Å²) in [5.74, 6) is -0.978. The van der Waals surface area contributed by atoms with Crippen LogP contribution in [0.15, 0.2) is 0 Å². The molecule has 0 aromatic heterocycles. The third-order valence-corrected chi connectivity index (χ3v) is 1.82. The van der Waals surface area contributed by atoms with Crippen molar-refractivity contribution in [3.8, 4) is 0 Å². The first-order valence-electron chi connectivity index (χ1n) is 5.49. The summed E-state index contributed by atoms with van der Waals surface area (Å²) in [6, 6.07) is -0.774. The SMILES string of the molecule is CC(N)OC(=O)CCCC(N)C(=O)OC(C)N. The Morgan fingerprint density at radius 3 is 2.06 bits per heavy atom. The van der Waals surface area contributed by atoms with Gasteiger partial charge in [0.05, 0.1) is 0 Å². The van der Waals surface area contributed by atoms with Gasteiger partial charge in [0.2, 0.25) is 0 Å². The third kappa shape index (κ3) is 8.61. The van der Waals surface area contributed by atoms with Gasteiger partial charge in [-0.1, -0.05) is 0 Å². The van der Waals surface area contributed by atoms with Gasteiger partial charge in [0.25, 0.3) is 0 Å². The topological polar surface area (TPSA) is 131 Å². The van der Waals surface area contributed by atoms with E-state index >= 15 is 0 Å². The average Bonchev–Trinajstić information content (AvgIpc) is 2.14. The maximum absolute atomic E-state index is 11.2. The Bertz CT molecular complexity index is 256. The van der Waals surface area contributed by atoms with Gasteiger partial charge in [0.1, 0.15) is 18.5 Å². The van der Waals surface area contributed by atoms with Crippen molar-refractivity contribution in [3.63, 3.8) is 0 Å². The molecule has 3 atom stereocenters. The molecule has 0 bridgehead atoms. The summed E-state index contributed by atoms with van der Waals surface area (Å²) in [6.45, 7) is 3.09. The van der Waals surface area contributed by atoms with Gasteiger partial charge in [0, 0.05) is 6.42 Å². The number of ether oxygens (including phenoxy) is 2. The number of carbonyl (C=O) groups is 2. The minimum absolute atomic E-state index is 0.167. The molecule has 0 aliphatic carbocycles. The molecule has 0 aromatic carbocycles. The highest BCUT2D eigenvalue weighted by Crippen LogP contribution is 2.03. The first-order valence-corrected chi connectivity index (χ1v) is 5.49. The molecule has 100 valence electrons. The highest BCUT2D eigenvalue weighted by atomic mass is 16.6. The molecule has 0 radical (unpaired) electrons. The molecule has 0 rings (SSSR count). The fourth-order valence-corrected chi connectivity index (χ4v) is 1.12. The van der Waals surface area contributed by atoms with Crippen molar-refractivity contribution in [3.05, 3.63) is 0 Å². The van der Waals surface area contributed by atoms with Gasteiger partial charge in [-0.15, -0.1) is 0 Å². The van der Waals surface area contributed by atoms with E-state index in [0.29, 0.717) is 12.8 Å². The van der Waals surface area contributed by atoms with E-state index in [9.17, 15) is 9.59 Å². The predicted octanol–water partition coefficient (Wildman–Crippen LogP) is -0.820. The first kappa shape index (κ1) is 15.8. The third-order valence-electron chi connectivity index (χ3n) is 1.82. The summed E-state index contributed by atoms with van der Waals surface area (Å²) in [5.41, 5.74) is 16.1. The van der Waals surface area contributed by atoms with Crippen LogP contribution in [0.25, 0.3) is 0 Å². The molecule has 17 heavy (non-hydrogen) atoms. The minimum Gasteiger partial charge on any atom is -0.447 e. The van der Waals surface area contributed by atoms with Gasteiger partial charge >= 0.3 is 11.9 Å². The molecule has 3 unspecified atom stereocenters. The van der Waals surface area contributed by atoms with E-state index < -0.39 is 30.4 Å². The molecule has 0 aliphatic rings. The molecule has 6 N–H and O–H groups in total. The molecule has 0 saturated heterocycles. The zero-order valence-corrected chi connectivity index (χ0v) is 10.2. The lowest BCUT2D eigenvalue weighted by atomic mass is 10.1. The Labute approximate surface area is 101 Å².